The van der Waals surface area contributed by atoms with Gasteiger partial charge in [0, 0.05) is 24.6 Å². The highest BCUT2D eigenvalue weighted by atomic mass is 16.5. The molecular formula is C16H29N3O2. The van der Waals surface area contributed by atoms with E-state index in [9.17, 15) is 4.79 Å². The van der Waals surface area contributed by atoms with Crippen LogP contribution in [0.25, 0.3) is 0 Å². The highest BCUT2D eigenvalue weighted by Crippen LogP contribution is 2.19. The third-order valence-corrected chi connectivity index (χ3v) is 4.17. The number of aryl methyl sites for hydroxylation is 1. The largest absolute Gasteiger partial charge is 0.361 e. The van der Waals surface area contributed by atoms with Gasteiger partial charge in [-0.05, 0) is 32.9 Å². The number of likely N-dealkylation sites (N-methyl/N-ethyl adjacent to an activating group) is 1. The van der Waals surface area contributed by atoms with Crippen molar-refractivity contribution in [3.8, 4) is 0 Å². The fraction of sp³-hybridized carbons (Fsp3) is 0.750. The Kier molecular flexibility index (Phi) is 6.89. The van der Waals surface area contributed by atoms with E-state index < -0.39 is 0 Å². The number of nitrogens with one attached hydrogen (secondary N) is 1. The fourth-order valence-corrected chi connectivity index (χ4v) is 2.49. The summed E-state index contributed by atoms with van der Waals surface area (Å²) in [7, 11) is 0. The van der Waals surface area contributed by atoms with Crippen molar-refractivity contribution >= 4 is 5.91 Å². The van der Waals surface area contributed by atoms with Crippen molar-refractivity contribution in [2.24, 2.45) is 0 Å². The molecule has 0 aliphatic heterocycles. The molecule has 1 aromatic heterocycles. The normalized spacial score (nSPS) is 14.2. The van der Waals surface area contributed by atoms with E-state index in [-0.39, 0.29) is 11.4 Å². The van der Waals surface area contributed by atoms with Gasteiger partial charge in [0.1, 0.15) is 5.76 Å². The Hall–Kier alpha value is -1.36. The van der Waals surface area contributed by atoms with Crippen molar-refractivity contribution < 1.29 is 9.32 Å². The molecule has 1 aromatic rings. The monoisotopic (exact) mass is 295 g/mol. The summed E-state index contributed by atoms with van der Waals surface area (Å²) in [6, 6.07) is 1.71. The van der Waals surface area contributed by atoms with Crippen molar-refractivity contribution in [3.63, 3.8) is 0 Å². The highest BCUT2D eigenvalue weighted by molar-refractivity contribution is 5.92. The van der Waals surface area contributed by atoms with Crippen molar-refractivity contribution in [1.82, 2.24) is 15.4 Å². The molecule has 1 amide bonds. The van der Waals surface area contributed by atoms with Crippen LogP contribution in [0.15, 0.2) is 10.6 Å². The summed E-state index contributed by atoms with van der Waals surface area (Å²) in [4.78, 5) is 14.6. The third-order valence-electron chi connectivity index (χ3n) is 4.17. The van der Waals surface area contributed by atoms with E-state index in [1.54, 1.807) is 6.07 Å². The van der Waals surface area contributed by atoms with E-state index in [2.05, 4.69) is 43.1 Å². The Bertz CT molecular complexity index is 444. The number of hydrogen-bond acceptors (Lipinski definition) is 4. The number of carbonyl (C=O) groups excluding carboxylic acids is 1. The number of carbonyl (C=O) groups is 1. The molecule has 1 atom stereocenters. The molecule has 0 aliphatic rings. The molecule has 1 rings (SSSR count). The van der Waals surface area contributed by atoms with Crippen molar-refractivity contribution in [2.75, 3.05) is 19.6 Å². The lowest BCUT2D eigenvalue weighted by Gasteiger charge is -2.40. The van der Waals surface area contributed by atoms with Crippen molar-refractivity contribution in [2.45, 2.75) is 59.4 Å². The molecule has 0 spiro atoms. The lowest BCUT2D eigenvalue weighted by atomic mass is 9.95. The standard InChI is InChI=1S/C16H29N3O2/c1-6-10-19(9-4)16(5,8-3)12-17-15(20)14-11-13(7-2)21-18-14/h11H,6-10,12H2,1-5H3,(H,17,20). The molecular weight excluding hydrogens is 266 g/mol. The van der Waals surface area contributed by atoms with Crippen LogP contribution < -0.4 is 5.32 Å². The summed E-state index contributed by atoms with van der Waals surface area (Å²) in [5, 5.41) is 6.81. The highest BCUT2D eigenvalue weighted by Gasteiger charge is 2.29. The Morgan fingerprint density at radius 2 is 2.10 bits per heavy atom. The molecule has 0 fully saturated rings. The predicted molar refractivity (Wildman–Crippen MR) is 84.4 cm³/mol. The molecule has 0 saturated heterocycles. The maximum Gasteiger partial charge on any atom is 0.273 e. The molecule has 120 valence electrons. The van der Waals surface area contributed by atoms with E-state index in [1.165, 1.54) is 0 Å². The van der Waals surface area contributed by atoms with Crippen LogP contribution in [0.4, 0.5) is 0 Å². The summed E-state index contributed by atoms with van der Waals surface area (Å²) in [6.45, 7) is 13.3. The Morgan fingerprint density at radius 1 is 1.38 bits per heavy atom. The van der Waals surface area contributed by atoms with Crippen LogP contribution in [0.2, 0.25) is 0 Å². The second-order valence-electron chi connectivity index (χ2n) is 5.64. The van der Waals surface area contributed by atoms with E-state index in [0.717, 1.165) is 38.1 Å². The van der Waals surface area contributed by atoms with Gasteiger partial charge in [-0.2, -0.15) is 0 Å². The SMILES string of the molecule is CCCN(CC)C(C)(CC)CNC(=O)c1cc(CC)on1. The first-order valence-electron chi connectivity index (χ1n) is 7.99. The van der Waals surface area contributed by atoms with Crippen molar-refractivity contribution in [3.05, 3.63) is 17.5 Å². The fourth-order valence-electron chi connectivity index (χ4n) is 2.49. The molecule has 5 nitrogen and oxygen atoms in total. The maximum atomic E-state index is 12.2. The molecule has 21 heavy (non-hydrogen) atoms. The van der Waals surface area contributed by atoms with Crippen LogP contribution in [0.3, 0.4) is 0 Å². The molecule has 0 aliphatic carbocycles. The van der Waals surface area contributed by atoms with Crippen LogP contribution in [0.1, 0.15) is 63.7 Å². The average Bonchev–Trinajstić information content (AvgIpc) is 2.99. The molecule has 0 radical (unpaired) electrons. The maximum absolute atomic E-state index is 12.2. The zero-order valence-electron chi connectivity index (χ0n) is 14.0. The Morgan fingerprint density at radius 3 is 2.57 bits per heavy atom. The first kappa shape index (κ1) is 17.7. The topological polar surface area (TPSA) is 58.4 Å². The molecule has 5 heteroatoms. The van der Waals surface area contributed by atoms with Gasteiger partial charge >= 0.3 is 0 Å². The van der Waals surface area contributed by atoms with Gasteiger partial charge < -0.3 is 9.84 Å². The Balaban J connectivity index is 2.67. The number of hydrogen-bond donors (Lipinski definition) is 1. The molecule has 0 saturated carbocycles. The Labute approximate surface area is 128 Å². The zero-order chi connectivity index (χ0) is 15.9. The number of amides is 1. The average molecular weight is 295 g/mol. The molecule has 0 bridgehead atoms. The van der Waals surface area contributed by atoms with Gasteiger partial charge in [0.2, 0.25) is 0 Å². The minimum absolute atomic E-state index is 0.0300. The second kappa shape index (κ2) is 8.17. The van der Waals surface area contributed by atoms with Crippen LogP contribution in [-0.2, 0) is 6.42 Å². The van der Waals surface area contributed by atoms with Gasteiger partial charge in [-0.25, -0.2) is 0 Å². The molecule has 1 unspecified atom stereocenters. The van der Waals surface area contributed by atoms with Crippen LogP contribution in [0.5, 0.6) is 0 Å². The number of aromatic nitrogens is 1. The lowest BCUT2D eigenvalue weighted by molar-refractivity contribution is 0.0816. The number of rotatable bonds is 9. The minimum Gasteiger partial charge on any atom is -0.361 e. The van der Waals surface area contributed by atoms with Gasteiger partial charge in [-0.3, -0.25) is 9.69 Å². The lowest BCUT2D eigenvalue weighted by Crippen LogP contribution is -2.53. The molecule has 1 heterocycles. The number of nitrogens with zero attached hydrogens (tertiary/aromatic N) is 2. The first-order valence-corrected chi connectivity index (χ1v) is 7.99. The van der Waals surface area contributed by atoms with Gasteiger partial charge in [-0.15, -0.1) is 0 Å². The van der Waals surface area contributed by atoms with Gasteiger partial charge in [0.25, 0.3) is 5.91 Å². The smallest absolute Gasteiger partial charge is 0.273 e. The van der Waals surface area contributed by atoms with Crippen LogP contribution >= 0.6 is 0 Å². The minimum atomic E-state index is -0.161. The van der Waals surface area contributed by atoms with E-state index in [4.69, 9.17) is 4.52 Å². The zero-order valence-corrected chi connectivity index (χ0v) is 14.0. The summed E-state index contributed by atoms with van der Waals surface area (Å²) >= 11 is 0. The summed E-state index contributed by atoms with van der Waals surface area (Å²) in [5.41, 5.74) is 0.335. The van der Waals surface area contributed by atoms with Gasteiger partial charge in [-0.1, -0.05) is 32.9 Å². The second-order valence-corrected chi connectivity index (χ2v) is 5.64. The summed E-state index contributed by atoms with van der Waals surface area (Å²) in [5.74, 6) is 0.574. The van der Waals surface area contributed by atoms with E-state index >= 15 is 0 Å². The quantitative estimate of drug-likeness (QED) is 0.761. The van der Waals surface area contributed by atoms with E-state index in [1.807, 2.05) is 6.92 Å². The van der Waals surface area contributed by atoms with Crippen LogP contribution in [0, 0.1) is 0 Å². The van der Waals surface area contributed by atoms with E-state index in [0.29, 0.717) is 12.2 Å². The predicted octanol–water partition coefficient (Wildman–Crippen LogP) is 2.87. The molecule has 1 N–H and O–H groups in total. The molecule has 0 aromatic carbocycles. The first-order chi connectivity index (χ1) is 10.0. The van der Waals surface area contributed by atoms with Crippen molar-refractivity contribution in [1.29, 1.82) is 0 Å². The van der Waals surface area contributed by atoms with Gasteiger partial charge in [0.15, 0.2) is 5.69 Å². The third kappa shape index (κ3) is 4.56. The summed E-state index contributed by atoms with van der Waals surface area (Å²) in [6.07, 6.45) is 2.84. The van der Waals surface area contributed by atoms with Crippen LogP contribution in [-0.4, -0.2) is 41.1 Å². The van der Waals surface area contributed by atoms with Gasteiger partial charge in [0.05, 0.1) is 0 Å². The summed E-state index contributed by atoms with van der Waals surface area (Å²) < 4.78 is 5.08.